The molecule has 0 amide bonds. The van der Waals surface area contributed by atoms with Gasteiger partial charge in [-0.05, 0) is 50.6 Å². The number of anilines is 1. The number of hydroxylamine groups is 2. The Kier molecular flexibility index (Phi) is 5.58. The molecule has 0 aliphatic rings. The van der Waals surface area contributed by atoms with Crippen molar-refractivity contribution in [2.75, 3.05) is 4.72 Å². The number of thiocarbonyl (C=S) groups is 1. The lowest BCUT2D eigenvalue weighted by atomic mass is 10.1. The van der Waals surface area contributed by atoms with Crippen LogP contribution in [0.2, 0.25) is 0 Å². The topological polar surface area (TPSA) is 69.6 Å². The van der Waals surface area contributed by atoms with Gasteiger partial charge in [0.05, 0.1) is 10.9 Å². The first kappa shape index (κ1) is 18.4. The predicted octanol–water partition coefficient (Wildman–Crippen LogP) is 3.90. The summed E-state index contributed by atoms with van der Waals surface area (Å²) in [7, 11) is -3.66. The van der Waals surface area contributed by atoms with E-state index in [4.69, 9.17) is 12.2 Å². The first-order valence-corrected chi connectivity index (χ1v) is 9.28. The summed E-state index contributed by atoms with van der Waals surface area (Å²) in [6.07, 6.45) is 0. The molecular weight excluding hydrogens is 344 g/mol. The minimum absolute atomic E-state index is 0.155. The van der Waals surface area contributed by atoms with Crippen molar-refractivity contribution >= 4 is 32.9 Å². The number of sulfonamides is 1. The smallest absolute Gasteiger partial charge is 0.261 e. The van der Waals surface area contributed by atoms with Crippen LogP contribution in [0.5, 0.6) is 0 Å². The van der Waals surface area contributed by atoms with E-state index in [2.05, 4.69) is 4.72 Å². The second-order valence-electron chi connectivity index (χ2n) is 5.58. The summed E-state index contributed by atoms with van der Waals surface area (Å²) in [6, 6.07) is 13.1. The van der Waals surface area contributed by atoms with E-state index in [1.807, 2.05) is 19.1 Å². The summed E-state index contributed by atoms with van der Waals surface area (Å²) < 4.78 is 27.4. The molecule has 0 bridgehead atoms. The number of nitrogens with one attached hydrogen (secondary N) is 1. The standard InChI is InChI=1S/C17H20N2O3S2/c1-12-4-8-16(9-5-12)18-24(21,22)17-10-6-15(7-11-17)13(2)19(20)14(3)23/h4-11,13,18,20H,1-3H3. The van der Waals surface area contributed by atoms with E-state index < -0.39 is 10.0 Å². The Morgan fingerprint density at radius 2 is 1.67 bits per heavy atom. The largest absolute Gasteiger partial charge is 0.287 e. The van der Waals surface area contributed by atoms with E-state index in [1.54, 1.807) is 38.1 Å². The fourth-order valence-electron chi connectivity index (χ4n) is 2.18. The van der Waals surface area contributed by atoms with Crippen LogP contribution in [0, 0.1) is 6.92 Å². The quantitative estimate of drug-likeness (QED) is 0.622. The molecule has 0 spiro atoms. The molecule has 0 radical (unpaired) electrons. The van der Waals surface area contributed by atoms with Crippen LogP contribution in [-0.2, 0) is 10.0 Å². The summed E-state index contributed by atoms with van der Waals surface area (Å²) in [6.45, 7) is 5.34. The zero-order valence-corrected chi connectivity index (χ0v) is 15.4. The summed E-state index contributed by atoms with van der Waals surface area (Å²) in [5.41, 5.74) is 2.32. The molecule has 128 valence electrons. The fourth-order valence-corrected chi connectivity index (χ4v) is 3.39. The average Bonchev–Trinajstić information content (AvgIpc) is 2.55. The lowest BCUT2D eigenvalue weighted by Crippen LogP contribution is -2.26. The number of hydrogen-bond donors (Lipinski definition) is 2. The summed E-state index contributed by atoms with van der Waals surface area (Å²) >= 11 is 4.93. The molecule has 0 aliphatic carbocycles. The van der Waals surface area contributed by atoms with Gasteiger partial charge in [0.15, 0.2) is 0 Å². The molecule has 2 rings (SSSR count). The van der Waals surface area contributed by atoms with Gasteiger partial charge < -0.3 is 0 Å². The zero-order valence-electron chi connectivity index (χ0n) is 13.7. The third kappa shape index (κ3) is 4.31. The summed E-state index contributed by atoms with van der Waals surface area (Å²) in [5, 5.41) is 10.8. The molecule has 1 atom stereocenters. The van der Waals surface area contributed by atoms with E-state index in [9.17, 15) is 13.6 Å². The molecular formula is C17H20N2O3S2. The number of aryl methyl sites for hydroxylation is 1. The molecule has 0 aliphatic heterocycles. The first-order valence-electron chi connectivity index (χ1n) is 7.39. The second kappa shape index (κ2) is 7.29. The van der Waals surface area contributed by atoms with Crippen LogP contribution in [0.4, 0.5) is 5.69 Å². The van der Waals surface area contributed by atoms with E-state index in [0.717, 1.165) is 16.2 Å². The Morgan fingerprint density at radius 1 is 1.12 bits per heavy atom. The van der Waals surface area contributed by atoms with Crippen molar-refractivity contribution in [3.05, 3.63) is 59.7 Å². The molecule has 1 unspecified atom stereocenters. The second-order valence-corrected chi connectivity index (χ2v) is 7.85. The Labute approximate surface area is 147 Å². The monoisotopic (exact) mass is 364 g/mol. The molecule has 2 N–H and O–H groups in total. The molecule has 0 heterocycles. The van der Waals surface area contributed by atoms with Crippen LogP contribution >= 0.6 is 12.2 Å². The highest BCUT2D eigenvalue weighted by Crippen LogP contribution is 2.22. The Hall–Kier alpha value is -1.96. The maximum atomic E-state index is 12.4. The number of rotatable bonds is 5. The highest BCUT2D eigenvalue weighted by atomic mass is 32.2. The minimum Gasteiger partial charge on any atom is -0.287 e. The maximum Gasteiger partial charge on any atom is 0.261 e. The van der Waals surface area contributed by atoms with E-state index in [0.29, 0.717) is 10.7 Å². The van der Waals surface area contributed by atoms with Crippen LogP contribution < -0.4 is 4.72 Å². The van der Waals surface area contributed by atoms with E-state index >= 15 is 0 Å². The Bertz CT molecular complexity index is 816. The summed E-state index contributed by atoms with van der Waals surface area (Å²) in [5.74, 6) is 0. The minimum atomic E-state index is -3.66. The van der Waals surface area contributed by atoms with Crippen molar-refractivity contribution < 1.29 is 13.6 Å². The number of nitrogens with zero attached hydrogens (tertiary/aromatic N) is 1. The lowest BCUT2D eigenvalue weighted by Gasteiger charge is -2.23. The van der Waals surface area contributed by atoms with Crippen LogP contribution in [0.3, 0.4) is 0 Å². The van der Waals surface area contributed by atoms with Crippen LogP contribution in [0.25, 0.3) is 0 Å². The average molecular weight is 364 g/mol. The molecule has 5 nitrogen and oxygen atoms in total. The molecule has 0 saturated carbocycles. The van der Waals surface area contributed by atoms with Crippen molar-refractivity contribution in [3.63, 3.8) is 0 Å². The van der Waals surface area contributed by atoms with Crippen LogP contribution in [0.1, 0.15) is 31.0 Å². The van der Waals surface area contributed by atoms with Gasteiger partial charge in [-0.15, -0.1) is 0 Å². The molecule has 24 heavy (non-hydrogen) atoms. The van der Waals surface area contributed by atoms with Gasteiger partial charge in [0.25, 0.3) is 10.0 Å². The highest BCUT2D eigenvalue weighted by molar-refractivity contribution is 7.92. The first-order chi connectivity index (χ1) is 11.2. The maximum absolute atomic E-state index is 12.4. The highest BCUT2D eigenvalue weighted by Gasteiger charge is 2.17. The predicted molar refractivity (Wildman–Crippen MR) is 98.7 cm³/mol. The Balaban J connectivity index is 2.19. The van der Waals surface area contributed by atoms with Crippen molar-refractivity contribution in [1.29, 1.82) is 0 Å². The van der Waals surface area contributed by atoms with Gasteiger partial charge in [-0.2, -0.15) is 0 Å². The van der Waals surface area contributed by atoms with Gasteiger partial charge in [-0.25, -0.2) is 13.5 Å². The zero-order chi connectivity index (χ0) is 17.9. The van der Waals surface area contributed by atoms with Gasteiger partial charge in [0.1, 0.15) is 4.99 Å². The van der Waals surface area contributed by atoms with Crippen molar-refractivity contribution in [1.82, 2.24) is 5.06 Å². The van der Waals surface area contributed by atoms with Crippen molar-refractivity contribution in [3.8, 4) is 0 Å². The van der Waals surface area contributed by atoms with E-state index in [1.165, 1.54) is 12.1 Å². The van der Waals surface area contributed by atoms with E-state index in [-0.39, 0.29) is 10.9 Å². The van der Waals surface area contributed by atoms with Gasteiger partial charge in [0, 0.05) is 5.69 Å². The van der Waals surface area contributed by atoms with Gasteiger partial charge >= 0.3 is 0 Å². The fraction of sp³-hybridized carbons (Fsp3) is 0.235. The molecule has 2 aromatic carbocycles. The van der Waals surface area contributed by atoms with Crippen molar-refractivity contribution in [2.24, 2.45) is 0 Å². The SMILES string of the molecule is CC(=S)N(O)C(C)c1ccc(S(=O)(=O)Nc2ccc(C)cc2)cc1. The third-order valence-corrected chi connectivity index (χ3v) is 5.25. The Morgan fingerprint density at radius 3 is 2.17 bits per heavy atom. The van der Waals surface area contributed by atoms with Crippen LogP contribution in [0.15, 0.2) is 53.4 Å². The lowest BCUT2D eigenvalue weighted by molar-refractivity contribution is -0.0469. The number of benzene rings is 2. The molecule has 0 saturated heterocycles. The van der Waals surface area contributed by atoms with Gasteiger partial charge in [-0.3, -0.25) is 9.93 Å². The van der Waals surface area contributed by atoms with Crippen LogP contribution in [-0.4, -0.2) is 23.7 Å². The number of hydrogen-bond acceptors (Lipinski definition) is 4. The molecule has 7 heteroatoms. The van der Waals surface area contributed by atoms with Gasteiger partial charge in [0.2, 0.25) is 0 Å². The third-order valence-electron chi connectivity index (χ3n) is 3.67. The van der Waals surface area contributed by atoms with Crippen molar-refractivity contribution in [2.45, 2.75) is 31.7 Å². The normalized spacial score (nSPS) is 12.5. The van der Waals surface area contributed by atoms with Gasteiger partial charge in [-0.1, -0.05) is 42.0 Å². The molecule has 2 aromatic rings. The molecule has 0 aromatic heterocycles. The summed E-state index contributed by atoms with van der Waals surface area (Å²) in [4.78, 5) is 0.503. The molecule has 0 fully saturated rings.